The van der Waals surface area contributed by atoms with Gasteiger partial charge in [0.25, 0.3) is 0 Å². The van der Waals surface area contributed by atoms with Crippen LogP contribution in [0.2, 0.25) is 0 Å². The van der Waals surface area contributed by atoms with Crippen LogP contribution < -0.4 is 0 Å². The van der Waals surface area contributed by atoms with Crippen molar-refractivity contribution in [1.82, 2.24) is 0 Å². The first kappa shape index (κ1) is 20.9. The molecule has 4 heavy (non-hydrogen) atoms. The Kier molecular flexibility index (Phi) is 220. The van der Waals surface area contributed by atoms with E-state index in [1.165, 1.54) is 0 Å². The molecular weight excluding hydrogens is 215 g/mol. The molecule has 0 aliphatic heterocycles. The smallest absolute Gasteiger partial charge is 0 e. The van der Waals surface area contributed by atoms with Crippen LogP contribution in [0.3, 0.4) is 0 Å². The van der Waals surface area contributed by atoms with Gasteiger partial charge >= 0.3 is 0 Å². The van der Waals surface area contributed by atoms with Crippen LogP contribution in [0.5, 0.6) is 0 Å². The fourth-order valence-corrected chi connectivity index (χ4v) is 0. The molecule has 0 fully saturated rings. The molecule has 0 atom stereocenters. The van der Waals surface area contributed by atoms with Crippen LogP contribution in [0, 0.1) is 14.4 Å². The Labute approximate surface area is 47.4 Å². The molecule has 0 aliphatic rings. The predicted octanol–water partition coefficient (Wildman–Crippen LogP) is 1.29. The quantitative estimate of drug-likeness (QED) is 0.428. The summed E-state index contributed by atoms with van der Waals surface area (Å²) < 4.78 is 0. The number of hydrogen-bond donors (Lipinski definition) is 0. The molecule has 1 heteroatoms. The topological polar surface area (TPSA) is 0 Å². The standard InChI is InChI=1S/C2H5.CH3.Hf/c1-2;;/h1H2,2H3;1H3;/q2*-1;. The molecule has 0 aliphatic carbocycles. The van der Waals surface area contributed by atoms with Crippen molar-refractivity contribution in [2.24, 2.45) is 0 Å². The fourth-order valence-electron chi connectivity index (χ4n) is 0. The van der Waals surface area contributed by atoms with Gasteiger partial charge in [-0.3, -0.25) is 0 Å². The summed E-state index contributed by atoms with van der Waals surface area (Å²) in [4.78, 5) is 0. The van der Waals surface area contributed by atoms with E-state index in [0.29, 0.717) is 0 Å². The molecule has 0 amide bonds. The van der Waals surface area contributed by atoms with Gasteiger partial charge in [0.1, 0.15) is 0 Å². The normalized spacial score (nSPS) is 1.50. The number of rotatable bonds is 0. The molecule has 0 spiro atoms. The molecule has 0 unspecified atom stereocenters. The van der Waals surface area contributed by atoms with Gasteiger partial charge in [-0.1, -0.05) is 0 Å². The molecule has 0 bridgehead atoms. The van der Waals surface area contributed by atoms with E-state index >= 15 is 0 Å². The maximum atomic E-state index is 3.25. The van der Waals surface area contributed by atoms with E-state index in [2.05, 4.69) is 6.92 Å². The Morgan fingerprint density at radius 3 is 1.25 bits per heavy atom. The monoisotopic (exact) mass is 224 g/mol. The third-order valence-electron chi connectivity index (χ3n) is 0. The summed E-state index contributed by atoms with van der Waals surface area (Å²) >= 11 is 0. The Hall–Kier alpha value is 0.870. The summed E-state index contributed by atoms with van der Waals surface area (Å²) in [5.41, 5.74) is 0. The van der Waals surface area contributed by atoms with E-state index in [4.69, 9.17) is 0 Å². The van der Waals surface area contributed by atoms with Crippen molar-refractivity contribution in [3.8, 4) is 0 Å². The maximum absolute atomic E-state index is 3.25. The van der Waals surface area contributed by atoms with Crippen molar-refractivity contribution in [2.75, 3.05) is 0 Å². The van der Waals surface area contributed by atoms with Crippen molar-refractivity contribution in [1.29, 1.82) is 0 Å². The zero-order chi connectivity index (χ0) is 2.00. The molecule has 0 rings (SSSR count). The average Bonchev–Trinajstić information content (AvgIpc) is 1.00. The third kappa shape index (κ3) is 13.3. The second-order valence-electron chi connectivity index (χ2n) is 0. The van der Waals surface area contributed by atoms with E-state index < -0.39 is 0 Å². The minimum absolute atomic E-state index is 0. The van der Waals surface area contributed by atoms with Crippen LogP contribution in [-0.2, 0) is 25.8 Å². The van der Waals surface area contributed by atoms with Crippen molar-refractivity contribution in [3.05, 3.63) is 14.4 Å². The molecule has 0 nitrogen and oxygen atoms in total. The molecule has 0 heterocycles. The fraction of sp³-hybridized carbons (Fsp3) is 0.333. The van der Waals surface area contributed by atoms with Crippen molar-refractivity contribution >= 4 is 0 Å². The van der Waals surface area contributed by atoms with Crippen LogP contribution in [0.25, 0.3) is 0 Å². The van der Waals surface area contributed by atoms with Gasteiger partial charge < -0.3 is 14.4 Å². The molecule has 0 aromatic heterocycles. The molecule has 0 saturated carbocycles. The van der Waals surface area contributed by atoms with Gasteiger partial charge in [0.2, 0.25) is 0 Å². The first-order chi connectivity index (χ1) is 1.00. The summed E-state index contributed by atoms with van der Waals surface area (Å²) in [5.74, 6) is 0. The van der Waals surface area contributed by atoms with Crippen molar-refractivity contribution in [2.45, 2.75) is 6.92 Å². The predicted molar refractivity (Wildman–Crippen MR) is 17.4 cm³/mol. The molecule has 0 N–H and O–H groups in total. The van der Waals surface area contributed by atoms with Gasteiger partial charge in [-0.25, -0.2) is 0 Å². The van der Waals surface area contributed by atoms with Gasteiger partial charge in [0.05, 0.1) is 0 Å². The van der Waals surface area contributed by atoms with Gasteiger partial charge in [-0.05, 0) is 0 Å². The molecule has 0 saturated heterocycles. The van der Waals surface area contributed by atoms with Crippen LogP contribution in [-0.4, -0.2) is 0 Å². The average molecular weight is 223 g/mol. The maximum Gasteiger partial charge on any atom is 0 e. The first-order valence-electron chi connectivity index (χ1n) is 0.707. The van der Waals surface area contributed by atoms with E-state index in [-0.39, 0.29) is 33.3 Å². The molecule has 0 radical (unpaired) electrons. The van der Waals surface area contributed by atoms with Crippen LogP contribution in [0.1, 0.15) is 6.92 Å². The summed E-state index contributed by atoms with van der Waals surface area (Å²) in [6.45, 7) is 5.00. The second kappa shape index (κ2) is 42.1. The Morgan fingerprint density at radius 1 is 1.25 bits per heavy atom. The van der Waals surface area contributed by atoms with Crippen LogP contribution >= 0.6 is 0 Å². The first-order valence-corrected chi connectivity index (χ1v) is 0.707. The minimum Gasteiger partial charge on any atom is -0.358 e. The van der Waals surface area contributed by atoms with E-state index in [9.17, 15) is 0 Å². The Balaban J connectivity index is -0.00000000500. The zero-order valence-corrected chi connectivity index (χ0v) is 6.80. The largest absolute Gasteiger partial charge is 0.358 e. The van der Waals surface area contributed by atoms with Gasteiger partial charge in [0, 0.05) is 25.8 Å². The molecule has 0 aromatic rings. The number of hydrogen-bond acceptors (Lipinski definition) is 0. The summed E-state index contributed by atoms with van der Waals surface area (Å²) in [5, 5.41) is 0. The Morgan fingerprint density at radius 2 is 1.25 bits per heavy atom. The zero-order valence-electron chi connectivity index (χ0n) is 3.21. The summed E-state index contributed by atoms with van der Waals surface area (Å²) in [6.07, 6.45) is 0. The van der Waals surface area contributed by atoms with Crippen molar-refractivity contribution < 1.29 is 25.8 Å². The van der Waals surface area contributed by atoms with Gasteiger partial charge in [-0.2, -0.15) is 6.92 Å². The van der Waals surface area contributed by atoms with Crippen molar-refractivity contribution in [3.63, 3.8) is 0 Å². The minimum atomic E-state index is 0. The van der Waals surface area contributed by atoms with E-state index in [1.807, 2.05) is 0 Å². The van der Waals surface area contributed by atoms with E-state index in [0.717, 1.165) is 0 Å². The summed E-state index contributed by atoms with van der Waals surface area (Å²) in [7, 11) is 0. The third-order valence-corrected chi connectivity index (χ3v) is 0. The summed E-state index contributed by atoms with van der Waals surface area (Å²) in [6, 6.07) is 0. The SMILES string of the molecule is [CH2-]C.[CH3-].[Hf]. The van der Waals surface area contributed by atoms with Gasteiger partial charge in [0.15, 0.2) is 0 Å². The Bertz CT molecular complexity index is 3.25. The second-order valence-corrected chi connectivity index (χ2v) is 0. The molecule has 0 aromatic carbocycles. The molecular formula is C3H8Hf-2. The molecule has 26 valence electrons. The van der Waals surface area contributed by atoms with E-state index in [1.54, 1.807) is 6.92 Å². The van der Waals surface area contributed by atoms with Crippen LogP contribution in [0.15, 0.2) is 0 Å². The van der Waals surface area contributed by atoms with Crippen LogP contribution in [0.4, 0.5) is 0 Å². The van der Waals surface area contributed by atoms with Gasteiger partial charge in [-0.15, -0.1) is 0 Å².